The number of hydrogen-bond acceptors (Lipinski definition) is 6. The van der Waals surface area contributed by atoms with Crippen LogP contribution in [0.25, 0.3) is 6.08 Å². The van der Waals surface area contributed by atoms with Gasteiger partial charge in [0.1, 0.15) is 11.5 Å². The van der Waals surface area contributed by atoms with E-state index in [1.165, 1.54) is 6.92 Å². The number of ether oxygens (including phenoxy) is 2. The molecule has 0 spiro atoms. The second-order valence-corrected chi connectivity index (χ2v) is 10.4. The van der Waals surface area contributed by atoms with E-state index in [0.29, 0.717) is 5.75 Å². The predicted molar refractivity (Wildman–Crippen MR) is 148 cm³/mol. The Morgan fingerprint density at radius 2 is 2.00 bits per heavy atom. The first kappa shape index (κ1) is 27.6. The maximum Gasteiger partial charge on any atom is 0.308 e. The minimum absolute atomic E-state index is 0.00272. The lowest BCUT2D eigenvalue weighted by atomic mass is 9.55. The van der Waals surface area contributed by atoms with Crippen LogP contribution in [0.2, 0.25) is 0 Å². The lowest BCUT2D eigenvalue weighted by molar-refractivity contribution is -0.157. The molecule has 3 atom stereocenters. The molecule has 4 rings (SSSR count). The largest absolute Gasteiger partial charge is 0.508 e. The van der Waals surface area contributed by atoms with Crippen LogP contribution in [0.3, 0.4) is 0 Å². The van der Waals surface area contributed by atoms with Crippen molar-refractivity contribution in [2.75, 3.05) is 33.8 Å². The number of rotatable bonds is 8. The monoisotopic (exact) mass is 518 g/mol. The maximum absolute atomic E-state index is 13.2. The van der Waals surface area contributed by atoms with Crippen molar-refractivity contribution in [3.05, 3.63) is 78.4 Å². The Morgan fingerprint density at radius 3 is 2.71 bits per heavy atom. The van der Waals surface area contributed by atoms with Gasteiger partial charge in [-0.3, -0.25) is 14.5 Å². The molecule has 0 radical (unpaired) electrons. The molecule has 202 valence electrons. The molecule has 0 aromatic heterocycles. The highest BCUT2D eigenvalue weighted by Gasteiger charge is 2.59. The molecule has 1 amide bonds. The standard InChI is InChI=1S/C31H38N2O5/c1-5-17-33-18-16-30(25-9-7-11-28(20-25)38-23(2)34)21-26(14-15-31(30,22-33)37-4)32(3)29(36)13-12-24-8-6-10-27(35)19-24/h5-13,19-20,26,35H,1,14-18,21-22H2,2-4H3/t26-,30+,31+/m1/s1. The molecule has 1 aliphatic heterocycles. The van der Waals surface area contributed by atoms with E-state index in [2.05, 4.69) is 17.5 Å². The molecule has 0 bridgehead atoms. The number of likely N-dealkylation sites (tertiary alicyclic amines) is 1. The number of carbonyl (C=O) groups excluding carboxylic acids is 2. The summed E-state index contributed by atoms with van der Waals surface area (Å²) in [5.41, 5.74) is 1.00. The van der Waals surface area contributed by atoms with Gasteiger partial charge in [-0.15, -0.1) is 6.58 Å². The second kappa shape index (κ2) is 11.5. The van der Waals surface area contributed by atoms with Crippen LogP contribution in [0.15, 0.2) is 67.3 Å². The molecule has 7 nitrogen and oxygen atoms in total. The Balaban J connectivity index is 1.66. The fourth-order valence-electron chi connectivity index (χ4n) is 6.35. The van der Waals surface area contributed by atoms with Crippen LogP contribution in [0.4, 0.5) is 0 Å². The first-order chi connectivity index (χ1) is 18.2. The van der Waals surface area contributed by atoms with Crippen LogP contribution in [-0.2, 0) is 19.7 Å². The molecular weight excluding hydrogens is 480 g/mol. The van der Waals surface area contributed by atoms with Crippen LogP contribution in [0.1, 0.15) is 43.7 Å². The molecular formula is C31H38N2O5. The van der Waals surface area contributed by atoms with Gasteiger partial charge in [0.05, 0.1) is 5.60 Å². The van der Waals surface area contributed by atoms with E-state index in [1.54, 1.807) is 43.5 Å². The van der Waals surface area contributed by atoms with Gasteiger partial charge < -0.3 is 19.5 Å². The van der Waals surface area contributed by atoms with Gasteiger partial charge in [0, 0.05) is 51.7 Å². The van der Waals surface area contributed by atoms with Gasteiger partial charge in [0.25, 0.3) is 0 Å². The molecule has 0 unspecified atom stereocenters. The Labute approximate surface area is 225 Å². The van der Waals surface area contributed by atoms with Gasteiger partial charge >= 0.3 is 5.97 Å². The lowest BCUT2D eigenvalue weighted by Gasteiger charge is -2.60. The van der Waals surface area contributed by atoms with Gasteiger partial charge in [-0.05, 0) is 73.7 Å². The van der Waals surface area contributed by atoms with Crippen molar-refractivity contribution >= 4 is 18.0 Å². The third-order valence-electron chi connectivity index (χ3n) is 8.28. The third-order valence-corrected chi connectivity index (χ3v) is 8.28. The number of amides is 1. The van der Waals surface area contributed by atoms with Gasteiger partial charge in [-0.2, -0.15) is 0 Å². The van der Waals surface area contributed by atoms with Crippen molar-refractivity contribution in [1.82, 2.24) is 9.80 Å². The smallest absolute Gasteiger partial charge is 0.308 e. The van der Waals surface area contributed by atoms with Gasteiger partial charge in [-0.1, -0.05) is 30.3 Å². The molecule has 2 aliphatic rings. The number of hydrogen-bond donors (Lipinski definition) is 1. The van der Waals surface area contributed by atoms with Crippen molar-refractivity contribution in [1.29, 1.82) is 0 Å². The predicted octanol–water partition coefficient (Wildman–Crippen LogP) is 4.56. The van der Waals surface area contributed by atoms with E-state index in [4.69, 9.17) is 9.47 Å². The number of phenolic OH excluding ortho intramolecular Hbond substituents is 1. The van der Waals surface area contributed by atoms with E-state index >= 15 is 0 Å². The average Bonchev–Trinajstić information content (AvgIpc) is 2.91. The summed E-state index contributed by atoms with van der Waals surface area (Å²) < 4.78 is 11.9. The summed E-state index contributed by atoms with van der Waals surface area (Å²) in [6, 6.07) is 14.6. The molecule has 1 heterocycles. The van der Waals surface area contributed by atoms with Crippen molar-refractivity contribution in [3.63, 3.8) is 0 Å². The zero-order chi connectivity index (χ0) is 27.3. The van der Waals surface area contributed by atoms with Crippen LogP contribution >= 0.6 is 0 Å². The van der Waals surface area contributed by atoms with Crippen molar-refractivity contribution in [2.24, 2.45) is 0 Å². The summed E-state index contributed by atoms with van der Waals surface area (Å²) in [6.45, 7) is 7.75. The van der Waals surface area contributed by atoms with E-state index in [1.807, 2.05) is 36.2 Å². The summed E-state index contributed by atoms with van der Waals surface area (Å²) in [5, 5.41) is 9.73. The van der Waals surface area contributed by atoms with Crippen LogP contribution < -0.4 is 4.74 Å². The van der Waals surface area contributed by atoms with E-state index < -0.39 is 5.60 Å². The number of benzene rings is 2. The number of esters is 1. The number of phenols is 1. The van der Waals surface area contributed by atoms with Crippen LogP contribution in [0.5, 0.6) is 11.5 Å². The number of methoxy groups -OCH3 is 1. The normalized spacial score (nSPS) is 25.5. The van der Waals surface area contributed by atoms with Crippen LogP contribution in [0, 0.1) is 0 Å². The van der Waals surface area contributed by atoms with Gasteiger partial charge in [-0.25, -0.2) is 0 Å². The van der Waals surface area contributed by atoms with E-state index in [0.717, 1.165) is 56.4 Å². The topological polar surface area (TPSA) is 79.3 Å². The molecule has 2 aromatic rings. The van der Waals surface area contributed by atoms with E-state index in [9.17, 15) is 14.7 Å². The summed E-state index contributed by atoms with van der Waals surface area (Å²) in [7, 11) is 3.64. The summed E-state index contributed by atoms with van der Waals surface area (Å²) >= 11 is 0. The maximum atomic E-state index is 13.2. The zero-order valence-corrected chi connectivity index (χ0v) is 22.6. The van der Waals surface area contributed by atoms with Gasteiger partial charge in [0.2, 0.25) is 5.91 Å². The summed E-state index contributed by atoms with van der Waals surface area (Å²) in [6.07, 6.45) is 8.39. The molecule has 1 saturated carbocycles. The number of likely N-dealkylation sites (N-methyl/N-ethyl adjacent to an activating group) is 1. The SMILES string of the molecule is C=CCN1CC[C@@]2(c3cccc(OC(C)=O)c3)C[C@H](N(C)C(=O)C=Cc3cccc(O)c3)CC[C@]2(OC)C1. The Bertz CT molecular complexity index is 1210. The first-order valence-electron chi connectivity index (χ1n) is 13.1. The Morgan fingerprint density at radius 1 is 1.21 bits per heavy atom. The van der Waals surface area contributed by atoms with Gasteiger partial charge in [0.15, 0.2) is 0 Å². The van der Waals surface area contributed by atoms with Crippen molar-refractivity contribution < 1.29 is 24.2 Å². The number of fused-ring (bicyclic) bond motifs is 1. The molecule has 1 aliphatic carbocycles. The number of nitrogens with zero attached hydrogens (tertiary/aromatic N) is 2. The fraction of sp³-hybridized carbons (Fsp3) is 0.419. The first-order valence-corrected chi connectivity index (χ1v) is 13.1. The zero-order valence-electron chi connectivity index (χ0n) is 22.6. The Kier molecular flexibility index (Phi) is 8.38. The van der Waals surface area contributed by atoms with Crippen LogP contribution in [-0.4, -0.2) is 72.2 Å². The second-order valence-electron chi connectivity index (χ2n) is 10.4. The van der Waals surface area contributed by atoms with Crippen molar-refractivity contribution in [3.8, 4) is 11.5 Å². The minimum Gasteiger partial charge on any atom is -0.508 e. The fourth-order valence-corrected chi connectivity index (χ4v) is 6.35. The summed E-state index contributed by atoms with van der Waals surface area (Å²) in [4.78, 5) is 29.1. The summed E-state index contributed by atoms with van der Waals surface area (Å²) in [5.74, 6) is 0.236. The number of carbonyl (C=O) groups is 2. The molecule has 38 heavy (non-hydrogen) atoms. The number of piperidine rings is 1. The highest BCUT2D eigenvalue weighted by atomic mass is 16.5. The molecule has 2 aromatic carbocycles. The quantitative estimate of drug-likeness (QED) is 0.239. The number of aromatic hydroxyl groups is 1. The highest BCUT2D eigenvalue weighted by molar-refractivity contribution is 5.91. The molecule has 7 heteroatoms. The Hall–Kier alpha value is -3.42. The molecule has 1 N–H and O–H groups in total. The lowest BCUT2D eigenvalue weighted by Crippen LogP contribution is -2.68. The van der Waals surface area contributed by atoms with Crippen molar-refractivity contribution in [2.45, 2.75) is 49.7 Å². The average molecular weight is 519 g/mol. The highest BCUT2D eigenvalue weighted by Crippen LogP contribution is 2.54. The molecule has 1 saturated heterocycles. The minimum atomic E-state index is -0.457. The molecule has 2 fully saturated rings. The third kappa shape index (κ3) is 5.54. The van der Waals surface area contributed by atoms with E-state index in [-0.39, 0.29) is 29.1 Å².